The maximum absolute atomic E-state index is 8.84. The SMILES string of the molecule is [2H]c1c([2H])c([2H])c(-c2c3ccccc3c(-c3ccc(-c4ccc5oc6ccc(-c7cccc(-c8ccccc8)c7)cc6c5c4)cc3)c3ccccc23)c([2H])c1[2H]. The minimum atomic E-state index is -0.399. The van der Waals surface area contributed by atoms with Crippen molar-refractivity contribution in [1.82, 2.24) is 0 Å². The average molecular weight is 654 g/mol. The van der Waals surface area contributed by atoms with Gasteiger partial charge in [0.2, 0.25) is 0 Å². The Morgan fingerprint density at radius 3 is 1.29 bits per heavy atom. The van der Waals surface area contributed by atoms with Gasteiger partial charge in [-0.1, -0.05) is 164 Å². The number of benzene rings is 9. The Morgan fingerprint density at radius 1 is 0.294 bits per heavy atom. The molecule has 1 heterocycles. The molecule has 0 atom stereocenters. The first-order valence-electron chi connectivity index (χ1n) is 19.6. The van der Waals surface area contributed by atoms with Crippen LogP contribution in [0.5, 0.6) is 0 Å². The van der Waals surface area contributed by atoms with E-state index >= 15 is 0 Å². The van der Waals surface area contributed by atoms with E-state index in [-0.39, 0.29) is 29.7 Å². The molecular weight excluding hydrogens is 617 g/mol. The van der Waals surface area contributed by atoms with Gasteiger partial charge in [0.1, 0.15) is 11.2 Å². The van der Waals surface area contributed by atoms with Gasteiger partial charge in [-0.15, -0.1) is 0 Å². The smallest absolute Gasteiger partial charge is 0.135 e. The van der Waals surface area contributed by atoms with Gasteiger partial charge in [0.25, 0.3) is 0 Å². The van der Waals surface area contributed by atoms with Crippen molar-refractivity contribution in [2.75, 3.05) is 0 Å². The van der Waals surface area contributed by atoms with Crippen LogP contribution in [0.15, 0.2) is 198 Å². The summed E-state index contributed by atoms with van der Waals surface area (Å²) in [5, 5.41) is 5.66. The highest BCUT2D eigenvalue weighted by atomic mass is 16.3. The van der Waals surface area contributed by atoms with Crippen LogP contribution in [0.4, 0.5) is 0 Å². The molecule has 10 aromatic rings. The molecule has 10 rings (SSSR count). The van der Waals surface area contributed by atoms with Crippen molar-refractivity contribution in [1.29, 1.82) is 0 Å². The third-order valence-corrected chi connectivity index (χ3v) is 9.96. The Morgan fingerprint density at radius 2 is 0.706 bits per heavy atom. The lowest BCUT2D eigenvalue weighted by molar-refractivity contribution is 0.669. The van der Waals surface area contributed by atoms with Gasteiger partial charge in [-0.2, -0.15) is 0 Å². The maximum Gasteiger partial charge on any atom is 0.135 e. The quantitative estimate of drug-likeness (QED) is 0.169. The minimum absolute atomic E-state index is 0.209. The second kappa shape index (κ2) is 12.0. The molecule has 0 aliphatic rings. The summed E-state index contributed by atoms with van der Waals surface area (Å²) in [7, 11) is 0. The van der Waals surface area contributed by atoms with Crippen molar-refractivity contribution in [3.05, 3.63) is 194 Å². The summed E-state index contributed by atoms with van der Waals surface area (Å²) in [5.74, 6) is 0. The van der Waals surface area contributed by atoms with E-state index in [9.17, 15) is 0 Å². The fourth-order valence-electron chi connectivity index (χ4n) is 7.56. The molecule has 51 heavy (non-hydrogen) atoms. The zero-order valence-corrected chi connectivity index (χ0v) is 27.5. The zero-order valence-electron chi connectivity index (χ0n) is 32.5. The number of furan rings is 1. The van der Waals surface area contributed by atoms with E-state index in [0.29, 0.717) is 5.56 Å². The molecule has 0 saturated heterocycles. The molecule has 0 saturated carbocycles. The molecule has 238 valence electrons. The van der Waals surface area contributed by atoms with Crippen LogP contribution < -0.4 is 0 Å². The van der Waals surface area contributed by atoms with Crippen LogP contribution in [0.25, 0.3) is 99.1 Å². The maximum atomic E-state index is 8.84. The molecule has 0 unspecified atom stereocenters. The Kier molecular flexibility index (Phi) is 5.76. The normalized spacial score (nSPS) is 12.9. The van der Waals surface area contributed by atoms with Crippen LogP contribution in [-0.4, -0.2) is 0 Å². The lowest BCUT2D eigenvalue weighted by atomic mass is 9.86. The van der Waals surface area contributed by atoms with E-state index in [1.54, 1.807) is 0 Å². The van der Waals surface area contributed by atoms with Gasteiger partial charge in [-0.05, 0) is 108 Å². The van der Waals surface area contributed by atoms with Crippen LogP contribution in [0.1, 0.15) is 6.85 Å². The summed E-state index contributed by atoms with van der Waals surface area (Å²) in [6.07, 6.45) is 0. The van der Waals surface area contributed by atoms with Crippen molar-refractivity contribution < 1.29 is 11.3 Å². The number of fused-ring (bicyclic) bond motifs is 5. The second-order valence-electron chi connectivity index (χ2n) is 12.9. The van der Waals surface area contributed by atoms with Gasteiger partial charge in [-0.25, -0.2) is 0 Å². The number of rotatable bonds is 5. The van der Waals surface area contributed by atoms with Crippen molar-refractivity contribution in [3.8, 4) is 55.6 Å². The van der Waals surface area contributed by atoms with Crippen molar-refractivity contribution in [3.63, 3.8) is 0 Å². The Bertz CT molecular complexity index is 3100. The summed E-state index contributed by atoms with van der Waals surface area (Å²) in [6.45, 7) is 0. The fraction of sp³-hybridized carbons (Fsp3) is 0. The van der Waals surface area contributed by atoms with Gasteiger partial charge in [0, 0.05) is 10.8 Å². The third kappa shape index (κ3) is 5.02. The van der Waals surface area contributed by atoms with Gasteiger partial charge in [-0.3, -0.25) is 0 Å². The Hall–Kier alpha value is -6.70. The third-order valence-electron chi connectivity index (χ3n) is 9.96. The van der Waals surface area contributed by atoms with Gasteiger partial charge in [0.05, 0.1) is 6.85 Å². The van der Waals surface area contributed by atoms with Crippen LogP contribution >= 0.6 is 0 Å². The molecule has 1 nitrogen and oxygen atoms in total. The predicted molar refractivity (Wildman–Crippen MR) is 216 cm³/mol. The van der Waals surface area contributed by atoms with Crippen LogP contribution in [0, 0.1) is 0 Å². The molecule has 9 aromatic carbocycles. The molecule has 0 radical (unpaired) electrons. The summed E-state index contributed by atoms with van der Waals surface area (Å²) in [5.41, 5.74) is 11.4. The molecule has 0 aliphatic heterocycles. The molecule has 0 fully saturated rings. The highest BCUT2D eigenvalue weighted by molar-refractivity contribution is 6.21. The van der Waals surface area contributed by atoms with Gasteiger partial charge < -0.3 is 4.42 Å². The van der Waals surface area contributed by atoms with Crippen LogP contribution in [0.2, 0.25) is 0 Å². The van der Waals surface area contributed by atoms with Crippen LogP contribution in [0.3, 0.4) is 0 Å². The largest absolute Gasteiger partial charge is 0.456 e. The van der Waals surface area contributed by atoms with E-state index < -0.39 is 6.04 Å². The Labute approximate surface area is 303 Å². The van der Waals surface area contributed by atoms with Crippen molar-refractivity contribution >= 4 is 43.5 Å². The van der Waals surface area contributed by atoms with Crippen LogP contribution in [-0.2, 0) is 0 Å². The van der Waals surface area contributed by atoms with Gasteiger partial charge in [0.15, 0.2) is 0 Å². The minimum Gasteiger partial charge on any atom is -0.456 e. The average Bonchev–Trinajstić information content (AvgIpc) is 3.62. The lowest BCUT2D eigenvalue weighted by Gasteiger charge is -2.18. The number of hydrogen-bond acceptors (Lipinski definition) is 1. The topological polar surface area (TPSA) is 13.1 Å². The second-order valence-corrected chi connectivity index (χ2v) is 12.9. The van der Waals surface area contributed by atoms with Crippen molar-refractivity contribution in [2.45, 2.75) is 0 Å². The molecule has 0 aliphatic carbocycles. The zero-order chi connectivity index (χ0) is 38.1. The first kappa shape index (κ1) is 24.4. The van der Waals surface area contributed by atoms with E-state index in [2.05, 4.69) is 103 Å². The molecule has 0 bridgehead atoms. The standard InChI is InChI=1S/C50H32O/c1-3-12-33(13-4-1)37-16-11-17-38(30-37)40-27-29-48-46(32-40)45-31-39(26-28-47(45)51-48)34-22-24-36(25-23-34)50-43-20-9-7-18-41(43)49(35-14-5-2-6-15-35)42-19-8-10-21-44(42)50/h1-32H/i2D,5D,6D,14D,15D. The molecule has 1 heteroatoms. The molecular formula is C50H32O. The first-order chi connectivity index (χ1) is 27.4. The van der Waals surface area contributed by atoms with Gasteiger partial charge >= 0.3 is 0 Å². The summed E-state index contributed by atoms with van der Waals surface area (Å²) in [4.78, 5) is 0. The Balaban J connectivity index is 1.07. The van der Waals surface area contributed by atoms with E-state index in [1.807, 2.05) is 60.7 Å². The highest BCUT2D eigenvalue weighted by Crippen LogP contribution is 2.44. The molecule has 0 spiro atoms. The van der Waals surface area contributed by atoms with E-state index in [0.717, 1.165) is 76.9 Å². The van der Waals surface area contributed by atoms with E-state index in [1.165, 1.54) is 11.1 Å². The van der Waals surface area contributed by atoms with Crippen molar-refractivity contribution in [2.24, 2.45) is 0 Å². The lowest BCUT2D eigenvalue weighted by Crippen LogP contribution is -1.90. The predicted octanol–water partition coefficient (Wildman–Crippen LogP) is 14.2. The summed E-state index contributed by atoms with van der Waals surface area (Å²) in [6, 6.07) is 54.8. The number of hydrogen-bond donors (Lipinski definition) is 0. The summed E-state index contributed by atoms with van der Waals surface area (Å²) >= 11 is 0. The molecule has 0 N–H and O–H groups in total. The summed E-state index contributed by atoms with van der Waals surface area (Å²) < 4.78 is 49.0. The highest BCUT2D eigenvalue weighted by Gasteiger charge is 2.17. The van der Waals surface area contributed by atoms with E-state index in [4.69, 9.17) is 11.3 Å². The molecule has 1 aromatic heterocycles. The first-order valence-corrected chi connectivity index (χ1v) is 17.1. The fourth-order valence-corrected chi connectivity index (χ4v) is 7.56. The monoisotopic (exact) mass is 653 g/mol. The molecule has 0 amide bonds.